The number of carbonyl (C=O) groups is 2. The van der Waals surface area contributed by atoms with E-state index < -0.39 is 44.8 Å². The van der Waals surface area contributed by atoms with Crippen molar-refractivity contribution in [3.05, 3.63) is 29.1 Å². The molecule has 130 valence electrons. The Kier molecular flexibility index (Phi) is 3.96. The summed E-state index contributed by atoms with van der Waals surface area (Å²) in [5, 5.41) is 8.88. The number of hydrogen-bond acceptors (Lipinski definition) is 5. The minimum absolute atomic E-state index is 0.346. The number of nitrogens with zero attached hydrogens (tertiary/aromatic N) is 1. The molecule has 0 bridgehead atoms. The lowest BCUT2D eigenvalue weighted by atomic mass is 10.1. The second-order valence-corrected chi connectivity index (χ2v) is 7.49. The Morgan fingerprint density at radius 2 is 1.88 bits per heavy atom. The number of amides is 1. The molecule has 1 aromatic carbocycles. The van der Waals surface area contributed by atoms with Crippen molar-refractivity contribution in [3.8, 4) is 5.75 Å². The monoisotopic (exact) mass is 358 g/mol. The topological polar surface area (TPSA) is 113 Å². The number of ether oxygens (including phenoxy) is 1. The molecule has 0 aromatic heterocycles. The zero-order valence-electron chi connectivity index (χ0n) is 12.7. The fourth-order valence-corrected chi connectivity index (χ4v) is 4.14. The molecule has 1 aliphatic heterocycles. The Hall–Kier alpha value is -2.20. The fourth-order valence-electron chi connectivity index (χ4n) is 2.89. The van der Waals surface area contributed by atoms with Gasteiger partial charge in [-0.05, 0) is 30.4 Å². The van der Waals surface area contributed by atoms with Crippen LogP contribution < -0.4 is 9.46 Å². The van der Waals surface area contributed by atoms with Crippen LogP contribution >= 0.6 is 0 Å². The van der Waals surface area contributed by atoms with Crippen LogP contribution in [0.1, 0.15) is 27.1 Å². The predicted octanol–water partition coefficient (Wildman–Crippen LogP) is 0.459. The molecule has 3 rings (SSSR count). The lowest BCUT2D eigenvalue weighted by Crippen LogP contribution is -2.43. The highest BCUT2D eigenvalue weighted by Gasteiger charge is 2.49. The molecule has 1 saturated carbocycles. The molecule has 24 heavy (non-hydrogen) atoms. The van der Waals surface area contributed by atoms with Gasteiger partial charge >= 0.3 is 16.2 Å². The summed E-state index contributed by atoms with van der Waals surface area (Å²) < 4.78 is 46.3. The summed E-state index contributed by atoms with van der Waals surface area (Å²) in [5.41, 5.74) is -1.07. The van der Waals surface area contributed by atoms with Gasteiger partial charge in [0.25, 0.3) is 5.91 Å². The van der Waals surface area contributed by atoms with Crippen molar-refractivity contribution < 1.29 is 32.2 Å². The van der Waals surface area contributed by atoms with Crippen molar-refractivity contribution >= 4 is 22.1 Å². The van der Waals surface area contributed by atoms with Gasteiger partial charge in [0, 0.05) is 13.1 Å². The van der Waals surface area contributed by atoms with Crippen molar-refractivity contribution in [2.45, 2.75) is 6.42 Å². The molecule has 0 spiro atoms. The molecule has 1 aromatic rings. The highest BCUT2D eigenvalue weighted by Crippen LogP contribution is 2.45. The number of carbonyl (C=O) groups excluding carboxylic acids is 1. The quantitative estimate of drug-likeness (QED) is 0.791. The second kappa shape index (κ2) is 5.71. The van der Waals surface area contributed by atoms with Crippen molar-refractivity contribution in [2.75, 3.05) is 20.2 Å². The first-order valence-electron chi connectivity index (χ1n) is 7.16. The number of methoxy groups -OCH3 is 1. The number of nitrogens with one attached hydrogen (secondary N) is 1. The van der Waals surface area contributed by atoms with Gasteiger partial charge in [-0.2, -0.15) is 12.7 Å². The number of hydrogen-bond donors (Lipinski definition) is 2. The Morgan fingerprint density at radius 3 is 2.42 bits per heavy atom. The molecule has 2 aliphatic rings. The van der Waals surface area contributed by atoms with Gasteiger partial charge < -0.3 is 9.84 Å². The van der Waals surface area contributed by atoms with Gasteiger partial charge in [0.05, 0.1) is 18.2 Å². The van der Waals surface area contributed by atoms with E-state index in [4.69, 9.17) is 9.84 Å². The third kappa shape index (κ3) is 2.82. The first-order chi connectivity index (χ1) is 11.2. The van der Waals surface area contributed by atoms with Gasteiger partial charge in [0.15, 0.2) is 11.6 Å². The van der Waals surface area contributed by atoms with Gasteiger partial charge in [-0.1, -0.05) is 0 Å². The summed E-state index contributed by atoms with van der Waals surface area (Å²) in [7, 11) is -2.98. The van der Waals surface area contributed by atoms with Gasteiger partial charge in [-0.3, -0.25) is 4.79 Å². The third-order valence-corrected chi connectivity index (χ3v) is 5.70. The van der Waals surface area contributed by atoms with Crippen LogP contribution in [0.3, 0.4) is 0 Å². The molecule has 2 fully saturated rings. The van der Waals surface area contributed by atoms with Gasteiger partial charge in [-0.15, -0.1) is 0 Å². The summed E-state index contributed by atoms with van der Waals surface area (Å²) >= 11 is 0. The lowest BCUT2D eigenvalue weighted by Gasteiger charge is -2.18. The summed E-state index contributed by atoms with van der Waals surface area (Å²) in [6.45, 7) is 0.716. The van der Waals surface area contributed by atoms with Crippen LogP contribution in [0.4, 0.5) is 4.39 Å². The van der Waals surface area contributed by atoms with Crippen molar-refractivity contribution in [1.82, 2.24) is 9.03 Å². The molecule has 1 aliphatic carbocycles. The maximum atomic E-state index is 14.1. The molecule has 8 nitrogen and oxygen atoms in total. The van der Waals surface area contributed by atoms with Crippen LogP contribution in [0, 0.1) is 17.7 Å². The Morgan fingerprint density at radius 1 is 1.29 bits per heavy atom. The molecule has 2 unspecified atom stereocenters. The van der Waals surface area contributed by atoms with Crippen molar-refractivity contribution in [1.29, 1.82) is 0 Å². The zero-order valence-corrected chi connectivity index (χ0v) is 13.5. The molecule has 2 N–H and O–H groups in total. The van der Waals surface area contributed by atoms with Crippen LogP contribution in [0.2, 0.25) is 0 Å². The largest absolute Gasteiger partial charge is 0.493 e. The van der Waals surface area contributed by atoms with E-state index in [2.05, 4.69) is 0 Å². The lowest BCUT2D eigenvalue weighted by molar-refractivity contribution is 0.0690. The minimum Gasteiger partial charge on any atom is -0.493 e. The number of carboxylic acids is 1. The highest BCUT2D eigenvalue weighted by molar-refractivity contribution is 7.87. The van der Waals surface area contributed by atoms with E-state index in [-0.39, 0.29) is 0 Å². The average molecular weight is 358 g/mol. The van der Waals surface area contributed by atoms with Gasteiger partial charge in [0.2, 0.25) is 0 Å². The molecule has 1 heterocycles. The molecular weight excluding hydrogens is 343 g/mol. The Balaban J connectivity index is 1.84. The van der Waals surface area contributed by atoms with Crippen LogP contribution in [0.5, 0.6) is 5.75 Å². The van der Waals surface area contributed by atoms with Crippen LogP contribution in [0.25, 0.3) is 0 Å². The highest BCUT2D eigenvalue weighted by atomic mass is 32.2. The number of fused-ring (bicyclic) bond motifs is 1. The first-order valence-corrected chi connectivity index (χ1v) is 8.60. The first kappa shape index (κ1) is 16.7. The van der Waals surface area contributed by atoms with Crippen LogP contribution in [-0.4, -0.2) is 49.9 Å². The van der Waals surface area contributed by atoms with E-state index >= 15 is 0 Å². The normalized spacial score (nSPS) is 22.8. The summed E-state index contributed by atoms with van der Waals surface area (Å²) in [4.78, 5) is 23.1. The summed E-state index contributed by atoms with van der Waals surface area (Å²) in [6, 6.07) is 1.89. The van der Waals surface area contributed by atoms with E-state index in [0.717, 1.165) is 25.7 Å². The third-order valence-electron chi connectivity index (χ3n) is 4.28. The number of benzene rings is 1. The van der Waals surface area contributed by atoms with E-state index in [1.165, 1.54) is 4.31 Å². The number of piperidine rings is 1. The predicted molar refractivity (Wildman–Crippen MR) is 79.5 cm³/mol. The maximum Gasteiger partial charge on any atom is 0.338 e. The molecule has 1 amide bonds. The zero-order chi connectivity index (χ0) is 17.6. The Bertz CT molecular complexity index is 815. The standard InChI is InChI=1S/C14H15FN2O6S/c1-23-12-10(3-2-9(11(12)15)14(19)20)13(18)16-24(21,22)17-5-7-4-8(7)6-17/h2-3,7-8H,4-6H2,1H3,(H,16,18)(H,19,20). The van der Waals surface area contributed by atoms with E-state index in [0.29, 0.717) is 24.9 Å². The SMILES string of the molecule is COc1c(C(=O)NS(=O)(=O)N2CC3CC3C2)ccc(C(=O)O)c1F. The van der Waals surface area contributed by atoms with Gasteiger partial charge in [-0.25, -0.2) is 13.9 Å². The molecular formula is C14H15FN2O6S. The number of aromatic carboxylic acids is 1. The second-order valence-electron chi connectivity index (χ2n) is 5.82. The fraction of sp³-hybridized carbons (Fsp3) is 0.429. The van der Waals surface area contributed by atoms with Crippen molar-refractivity contribution in [2.24, 2.45) is 11.8 Å². The molecule has 1 saturated heterocycles. The maximum absolute atomic E-state index is 14.1. The van der Waals surface area contributed by atoms with Crippen molar-refractivity contribution in [3.63, 3.8) is 0 Å². The molecule has 10 heteroatoms. The molecule has 2 atom stereocenters. The average Bonchev–Trinajstić information content (AvgIpc) is 3.11. The van der Waals surface area contributed by atoms with Gasteiger partial charge in [0.1, 0.15) is 0 Å². The Labute approximate surface area is 137 Å². The summed E-state index contributed by atoms with van der Waals surface area (Å²) in [6.07, 6.45) is 0.996. The number of rotatable bonds is 5. The molecule has 0 radical (unpaired) electrons. The summed E-state index contributed by atoms with van der Waals surface area (Å²) in [5.74, 6) is -3.77. The van der Waals surface area contributed by atoms with Crippen LogP contribution in [0.15, 0.2) is 12.1 Å². The van der Waals surface area contributed by atoms with E-state index in [1.54, 1.807) is 0 Å². The minimum atomic E-state index is -4.03. The smallest absolute Gasteiger partial charge is 0.338 e. The number of carboxylic acid groups (broad SMARTS) is 1. The number of halogens is 1. The van der Waals surface area contributed by atoms with E-state index in [9.17, 15) is 22.4 Å². The van der Waals surface area contributed by atoms with Crippen LogP contribution in [-0.2, 0) is 10.2 Å². The van der Waals surface area contributed by atoms with E-state index in [1.807, 2.05) is 4.72 Å².